The third-order valence-corrected chi connectivity index (χ3v) is 4.61. The van der Waals surface area contributed by atoms with Gasteiger partial charge in [-0.1, -0.05) is 29.8 Å². The van der Waals surface area contributed by atoms with Crippen LogP contribution < -0.4 is 10.6 Å². The normalized spacial score (nSPS) is 15.7. The van der Waals surface area contributed by atoms with E-state index in [0.717, 1.165) is 64.1 Å². The monoisotopic (exact) mass is 370 g/mol. The van der Waals surface area contributed by atoms with E-state index in [2.05, 4.69) is 46.7 Å². The van der Waals surface area contributed by atoms with Crippen molar-refractivity contribution in [3.05, 3.63) is 59.5 Å². The summed E-state index contributed by atoms with van der Waals surface area (Å²) >= 11 is 0. The van der Waals surface area contributed by atoms with Crippen LogP contribution in [-0.2, 0) is 17.7 Å². The number of aliphatic imine (C=N–C) groups is 1. The third-order valence-electron chi connectivity index (χ3n) is 4.61. The molecule has 1 aromatic carbocycles. The summed E-state index contributed by atoms with van der Waals surface area (Å²) in [5.41, 5.74) is 2.48. The van der Waals surface area contributed by atoms with Crippen molar-refractivity contribution >= 4 is 5.96 Å². The van der Waals surface area contributed by atoms with Crippen LogP contribution in [0.3, 0.4) is 0 Å². The van der Waals surface area contributed by atoms with Gasteiger partial charge in [0.1, 0.15) is 5.76 Å². The molecule has 1 aliphatic heterocycles. The second-order valence-electron chi connectivity index (χ2n) is 6.79. The molecule has 27 heavy (non-hydrogen) atoms. The fourth-order valence-corrected chi connectivity index (χ4v) is 2.95. The molecule has 0 bridgehead atoms. The molecule has 0 spiro atoms. The lowest BCUT2D eigenvalue weighted by molar-refractivity contribution is 0.0389. The molecule has 2 heterocycles. The maximum Gasteiger partial charge on any atom is 0.191 e. The number of morpholine rings is 1. The number of guanidine groups is 1. The van der Waals surface area contributed by atoms with Crippen molar-refractivity contribution in [1.29, 1.82) is 0 Å². The van der Waals surface area contributed by atoms with Crippen molar-refractivity contribution in [2.75, 3.05) is 45.9 Å². The highest BCUT2D eigenvalue weighted by Gasteiger charge is 2.09. The van der Waals surface area contributed by atoms with Gasteiger partial charge in [-0.05, 0) is 24.6 Å². The van der Waals surface area contributed by atoms with Gasteiger partial charge in [0, 0.05) is 39.1 Å². The minimum absolute atomic E-state index is 0.661. The number of aryl methyl sites for hydroxylation is 1. The van der Waals surface area contributed by atoms with Gasteiger partial charge >= 0.3 is 0 Å². The summed E-state index contributed by atoms with van der Waals surface area (Å²) in [5.74, 6) is 1.82. The smallest absolute Gasteiger partial charge is 0.191 e. The van der Waals surface area contributed by atoms with Gasteiger partial charge in [0.15, 0.2) is 5.96 Å². The van der Waals surface area contributed by atoms with Crippen LogP contribution in [0.1, 0.15) is 16.9 Å². The van der Waals surface area contributed by atoms with Crippen LogP contribution in [0.2, 0.25) is 0 Å². The van der Waals surface area contributed by atoms with Crippen molar-refractivity contribution in [3.8, 4) is 0 Å². The van der Waals surface area contributed by atoms with Crippen LogP contribution in [0.15, 0.2) is 52.1 Å². The summed E-state index contributed by atoms with van der Waals surface area (Å²) in [4.78, 5) is 7.16. The fraction of sp³-hybridized carbons (Fsp3) is 0.476. The van der Waals surface area contributed by atoms with Crippen molar-refractivity contribution < 1.29 is 9.15 Å². The van der Waals surface area contributed by atoms with Crippen molar-refractivity contribution in [3.63, 3.8) is 0 Å². The number of hydrogen-bond acceptors (Lipinski definition) is 4. The van der Waals surface area contributed by atoms with E-state index in [9.17, 15) is 0 Å². The van der Waals surface area contributed by atoms with Gasteiger partial charge in [-0.2, -0.15) is 0 Å². The first-order chi connectivity index (χ1) is 13.3. The van der Waals surface area contributed by atoms with Crippen LogP contribution in [0.25, 0.3) is 0 Å². The molecule has 0 aliphatic carbocycles. The predicted octanol–water partition coefficient (Wildman–Crippen LogP) is 2.20. The molecular weight excluding hydrogens is 340 g/mol. The summed E-state index contributed by atoms with van der Waals surface area (Å²) in [6, 6.07) is 12.4. The van der Waals surface area contributed by atoms with E-state index >= 15 is 0 Å². The van der Waals surface area contributed by atoms with E-state index in [1.807, 2.05) is 12.1 Å². The summed E-state index contributed by atoms with van der Waals surface area (Å²) in [5, 5.41) is 6.87. The Morgan fingerprint density at radius 3 is 2.59 bits per heavy atom. The van der Waals surface area contributed by atoms with Gasteiger partial charge in [0.25, 0.3) is 0 Å². The lowest BCUT2D eigenvalue weighted by Gasteiger charge is -2.26. The van der Waals surface area contributed by atoms with E-state index < -0.39 is 0 Å². The highest BCUT2D eigenvalue weighted by atomic mass is 16.5. The Morgan fingerprint density at radius 1 is 1.07 bits per heavy atom. The summed E-state index contributed by atoms with van der Waals surface area (Å²) in [7, 11) is 0. The number of furan rings is 1. The van der Waals surface area contributed by atoms with Gasteiger partial charge in [0.05, 0.1) is 26.0 Å². The van der Waals surface area contributed by atoms with Crippen LogP contribution in [0.5, 0.6) is 0 Å². The zero-order chi connectivity index (χ0) is 18.7. The molecule has 1 aromatic heterocycles. The summed E-state index contributed by atoms with van der Waals surface area (Å²) in [6.45, 7) is 9.06. The third kappa shape index (κ3) is 7.07. The van der Waals surface area contributed by atoms with E-state index in [1.165, 1.54) is 11.1 Å². The Bertz CT molecular complexity index is 677. The Morgan fingerprint density at radius 2 is 1.85 bits per heavy atom. The van der Waals surface area contributed by atoms with E-state index in [4.69, 9.17) is 14.1 Å². The Balaban J connectivity index is 1.49. The Kier molecular flexibility index (Phi) is 7.74. The Hall–Kier alpha value is -2.31. The Labute approximate surface area is 161 Å². The first-order valence-corrected chi connectivity index (χ1v) is 9.70. The number of ether oxygens (including phenoxy) is 1. The van der Waals surface area contributed by atoms with Crippen molar-refractivity contribution in [2.24, 2.45) is 4.99 Å². The molecule has 0 radical (unpaired) electrons. The quantitative estimate of drug-likeness (QED) is 0.551. The maximum absolute atomic E-state index is 5.40. The fourth-order valence-electron chi connectivity index (χ4n) is 2.95. The minimum Gasteiger partial charge on any atom is -0.469 e. The highest BCUT2D eigenvalue weighted by Crippen LogP contribution is 2.04. The van der Waals surface area contributed by atoms with Crippen molar-refractivity contribution in [2.45, 2.75) is 19.9 Å². The zero-order valence-electron chi connectivity index (χ0n) is 16.1. The van der Waals surface area contributed by atoms with Crippen LogP contribution in [0.4, 0.5) is 0 Å². The number of hydrogen-bond donors (Lipinski definition) is 2. The highest BCUT2D eigenvalue weighted by molar-refractivity contribution is 5.79. The molecule has 0 amide bonds. The summed E-state index contributed by atoms with van der Waals surface area (Å²) < 4.78 is 10.8. The average Bonchev–Trinajstić information content (AvgIpc) is 3.21. The molecule has 0 saturated carbocycles. The zero-order valence-corrected chi connectivity index (χ0v) is 16.1. The number of rotatable bonds is 8. The minimum atomic E-state index is 0.661. The van der Waals surface area contributed by atoms with Gasteiger partial charge in [-0.25, -0.2) is 4.99 Å². The summed E-state index contributed by atoms with van der Waals surface area (Å²) in [6.07, 6.45) is 2.55. The predicted molar refractivity (Wildman–Crippen MR) is 108 cm³/mol. The molecule has 2 aromatic rings. The molecule has 1 saturated heterocycles. The maximum atomic E-state index is 5.40. The number of nitrogens with zero attached hydrogens (tertiary/aromatic N) is 2. The molecule has 2 N–H and O–H groups in total. The average molecular weight is 370 g/mol. The molecule has 1 aliphatic rings. The molecule has 3 rings (SSSR count). The first kappa shape index (κ1) is 19.5. The van der Waals surface area contributed by atoms with Crippen LogP contribution >= 0.6 is 0 Å². The van der Waals surface area contributed by atoms with E-state index in [-0.39, 0.29) is 0 Å². The second kappa shape index (κ2) is 10.7. The van der Waals surface area contributed by atoms with Crippen LogP contribution in [0, 0.1) is 6.92 Å². The topological polar surface area (TPSA) is 62.0 Å². The lowest BCUT2D eigenvalue weighted by atomic mass is 10.1. The lowest BCUT2D eigenvalue weighted by Crippen LogP contribution is -2.44. The van der Waals surface area contributed by atoms with Gasteiger partial charge in [-0.15, -0.1) is 0 Å². The number of nitrogens with one attached hydrogen (secondary N) is 2. The first-order valence-electron chi connectivity index (χ1n) is 9.70. The molecule has 0 atom stereocenters. The molecule has 0 unspecified atom stereocenters. The molecule has 146 valence electrons. The molecule has 6 heteroatoms. The number of benzene rings is 1. The van der Waals surface area contributed by atoms with E-state index in [0.29, 0.717) is 6.54 Å². The standard InChI is InChI=1S/C21H30N4O2/c1-18-4-6-19(7-5-18)17-24-21(22-9-8-20-3-2-14-27-20)23-10-11-25-12-15-26-16-13-25/h2-7,14H,8-13,15-17H2,1H3,(H2,22,23,24). The van der Waals surface area contributed by atoms with E-state index in [1.54, 1.807) is 6.26 Å². The van der Waals surface area contributed by atoms with Gasteiger partial charge < -0.3 is 19.8 Å². The molecule has 6 nitrogen and oxygen atoms in total. The molecule has 1 fully saturated rings. The van der Waals surface area contributed by atoms with Gasteiger partial charge in [0.2, 0.25) is 0 Å². The van der Waals surface area contributed by atoms with Crippen LogP contribution in [-0.4, -0.2) is 56.8 Å². The largest absolute Gasteiger partial charge is 0.469 e. The second-order valence-corrected chi connectivity index (χ2v) is 6.79. The SMILES string of the molecule is Cc1ccc(CN=C(NCCc2ccco2)NCCN2CCOCC2)cc1. The molecular formula is C21H30N4O2. The van der Waals surface area contributed by atoms with Crippen molar-refractivity contribution in [1.82, 2.24) is 15.5 Å². The van der Waals surface area contributed by atoms with Gasteiger partial charge in [-0.3, -0.25) is 4.90 Å².